The first kappa shape index (κ1) is 16.7. The Labute approximate surface area is 132 Å². The van der Waals surface area contributed by atoms with Crippen molar-refractivity contribution in [3.8, 4) is 0 Å². The molecule has 0 aliphatic rings. The van der Waals surface area contributed by atoms with Gasteiger partial charge >= 0.3 is 6.18 Å². The number of hydrogen-bond donors (Lipinski definition) is 1. The van der Waals surface area contributed by atoms with Crippen LogP contribution in [-0.2, 0) is 6.18 Å². The smallest absolute Gasteiger partial charge is 0.320 e. The number of hydrogen-bond acceptors (Lipinski definition) is 4. The van der Waals surface area contributed by atoms with Crippen LogP contribution in [0.2, 0.25) is 5.02 Å². The maximum Gasteiger partial charge on any atom is 0.416 e. The molecule has 0 saturated carbocycles. The molecule has 0 fully saturated rings. The summed E-state index contributed by atoms with van der Waals surface area (Å²) in [6.07, 6.45) is -3.76. The highest BCUT2D eigenvalue weighted by molar-refractivity contribution is 6.32. The molecule has 0 atom stereocenters. The maximum absolute atomic E-state index is 12.6. The summed E-state index contributed by atoms with van der Waals surface area (Å²) in [5.41, 5.74) is -1.94. The van der Waals surface area contributed by atoms with Crippen LogP contribution in [0.15, 0.2) is 36.5 Å². The largest absolute Gasteiger partial charge is 0.416 e. The van der Waals surface area contributed by atoms with Crippen molar-refractivity contribution in [1.29, 1.82) is 0 Å². The predicted octanol–water partition coefficient (Wildman–Crippen LogP) is 3.91. The summed E-state index contributed by atoms with van der Waals surface area (Å²) in [7, 11) is 0. The molecule has 1 aromatic heterocycles. The number of alkyl halides is 3. The summed E-state index contributed by atoms with van der Waals surface area (Å²) in [5, 5.41) is 12.8. The molecule has 0 bridgehead atoms. The van der Waals surface area contributed by atoms with Gasteiger partial charge < -0.3 is 5.32 Å². The number of carbonyl (C=O) groups excluding carboxylic acids is 1. The van der Waals surface area contributed by atoms with Gasteiger partial charge in [0.2, 0.25) is 0 Å². The lowest BCUT2D eigenvalue weighted by molar-refractivity contribution is -0.384. The van der Waals surface area contributed by atoms with Gasteiger partial charge in [0, 0.05) is 18.0 Å². The van der Waals surface area contributed by atoms with Crippen molar-refractivity contribution in [1.82, 2.24) is 4.98 Å². The number of nitrogens with zero attached hydrogens (tertiary/aromatic N) is 2. The van der Waals surface area contributed by atoms with E-state index in [1.165, 1.54) is 12.1 Å². The molecule has 1 heterocycles. The van der Waals surface area contributed by atoms with Crippen molar-refractivity contribution in [2.24, 2.45) is 0 Å². The van der Waals surface area contributed by atoms with Gasteiger partial charge in [-0.1, -0.05) is 11.6 Å². The lowest BCUT2D eigenvalue weighted by Crippen LogP contribution is -2.15. The number of carbonyl (C=O) groups is 1. The minimum absolute atomic E-state index is 0.00492. The molecule has 2 aromatic rings. The molecule has 23 heavy (non-hydrogen) atoms. The third kappa shape index (κ3) is 3.95. The fourth-order valence-corrected chi connectivity index (χ4v) is 1.84. The van der Waals surface area contributed by atoms with Gasteiger partial charge in [0.25, 0.3) is 11.6 Å². The average molecular weight is 346 g/mol. The van der Waals surface area contributed by atoms with E-state index >= 15 is 0 Å². The first-order valence-electron chi connectivity index (χ1n) is 5.97. The Balaban J connectivity index is 2.26. The van der Waals surface area contributed by atoms with E-state index in [4.69, 9.17) is 11.6 Å². The second kappa shape index (κ2) is 6.21. The number of nitrogens with one attached hydrogen (secondary N) is 1. The van der Waals surface area contributed by atoms with Gasteiger partial charge in [-0.05, 0) is 24.3 Å². The van der Waals surface area contributed by atoms with Crippen molar-refractivity contribution in [2.45, 2.75) is 6.18 Å². The summed E-state index contributed by atoms with van der Waals surface area (Å²) in [5.74, 6) is -0.937. The molecule has 10 heteroatoms. The Morgan fingerprint density at radius 2 is 1.96 bits per heavy atom. The van der Waals surface area contributed by atoms with Crippen molar-refractivity contribution in [2.75, 3.05) is 5.32 Å². The molecule has 6 nitrogen and oxygen atoms in total. The highest BCUT2D eigenvalue weighted by atomic mass is 35.5. The van der Waals surface area contributed by atoms with E-state index in [2.05, 4.69) is 10.3 Å². The highest BCUT2D eigenvalue weighted by Crippen LogP contribution is 2.30. The molecule has 2 rings (SSSR count). The summed E-state index contributed by atoms with van der Waals surface area (Å²) < 4.78 is 37.8. The van der Waals surface area contributed by atoms with Crippen molar-refractivity contribution >= 4 is 28.9 Å². The normalized spacial score (nSPS) is 11.1. The zero-order valence-electron chi connectivity index (χ0n) is 11.1. The summed E-state index contributed by atoms with van der Waals surface area (Å²) in [4.78, 5) is 25.5. The van der Waals surface area contributed by atoms with E-state index in [9.17, 15) is 28.1 Å². The summed E-state index contributed by atoms with van der Waals surface area (Å²) >= 11 is 5.62. The van der Waals surface area contributed by atoms with Gasteiger partial charge in [0.05, 0.1) is 10.5 Å². The molecule has 0 aliphatic carbocycles. The van der Waals surface area contributed by atoms with Crippen molar-refractivity contribution < 1.29 is 22.9 Å². The van der Waals surface area contributed by atoms with E-state index in [1.807, 2.05) is 0 Å². The number of nitro benzene ring substituents is 1. The quantitative estimate of drug-likeness (QED) is 0.675. The number of aromatic nitrogens is 1. The Bertz CT molecular complexity index is 781. The van der Waals surface area contributed by atoms with Crippen LogP contribution >= 0.6 is 11.6 Å². The molecule has 0 saturated heterocycles. The van der Waals surface area contributed by atoms with Crippen LogP contribution in [0.3, 0.4) is 0 Å². The van der Waals surface area contributed by atoms with E-state index in [1.54, 1.807) is 0 Å². The number of pyridine rings is 1. The van der Waals surface area contributed by atoms with Gasteiger partial charge in [-0.25, -0.2) is 0 Å². The number of nitro groups is 1. The maximum atomic E-state index is 12.6. The molecule has 0 aliphatic heterocycles. The number of amides is 1. The molecule has 0 unspecified atom stereocenters. The number of halogens is 4. The molecule has 1 aromatic carbocycles. The molecule has 120 valence electrons. The first-order valence-corrected chi connectivity index (χ1v) is 6.35. The SMILES string of the molecule is O=C(Nc1ccc(Cl)c([N+](=O)[O-])c1)c1cc(C(F)(F)F)ccn1. The lowest BCUT2D eigenvalue weighted by atomic mass is 10.2. The second-order valence-electron chi connectivity index (χ2n) is 4.30. The molecular formula is C13H7ClF3N3O3. The highest BCUT2D eigenvalue weighted by Gasteiger charge is 2.31. The fraction of sp³-hybridized carbons (Fsp3) is 0.0769. The monoisotopic (exact) mass is 345 g/mol. The molecule has 1 amide bonds. The minimum atomic E-state index is -4.61. The van der Waals surface area contributed by atoms with Crippen LogP contribution < -0.4 is 5.32 Å². The van der Waals surface area contributed by atoms with Gasteiger partial charge in [-0.2, -0.15) is 13.2 Å². The molecular weight excluding hydrogens is 339 g/mol. The Kier molecular flexibility index (Phi) is 4.50. The standard InChI is InChI=1S/C13H7ClF3N3O3/c14-9-2-1-8(6-11(9)20(22)23)19-12(21)10-5-7(3-4-18-10)13(15,16)17/h1-6H,(H,19,21). The third-order valence-electron chi connectivity index (χ3n) is 2.72. The van der Waals surface area contributed by atoms with Crippen LogP contribution in [0.25, 0.3) is 0 Å². The predicted molar refractivity (Wildman–Crippen MR) is 75.3 cm³/mol. The van der Waals surface area contributed by atoms with E-state index in [-0.39, 0.29) is 10.7 Å². The number of rotatable bonds is 3. The van der Waals surface area contributed by atoms with Crippen molar-refractivity contribution in [3.63, 3.8) is 0 Å². The van der Waals surface area contributed by atoms with Gasteiger partial charge in [-0.15, -0.1) is 0 Å². The molecule has 0 radical (unpaired) electrons. The zero-order valence-corrected chi connectivity index (χ0v) is 11.9. The fourth-order valence-electron chi connectivity index (χ4n) is 1.66. The van der Waals surface area contributed by atoms with Gasteiger partial charge in [0.1, 0.15) is 10.7 Å². The van der Waals surface area contributed by atoms with Crippen LogP contribution in [0.4, 0.5) is 24.5 Å². The third-order valence-corrected chi connectivity index (χ3v) is 3.04. The number of benzene rings is 1. The Morgan fingerprint density at radius 1 is 1.26 bits per heavy atom. The second-order valence-corrected chi connectivity index (χ2v) is 4.71. The van der Waals surface area contributed by atoms with E-state index in [0.717, 1.165) is 18.3 Å². The van der Waals surface area contributed by atoms with Crippen LogP contribution in [0, 0.1) is 10.1 Å². The first-order chi connectivity index (χ1) is 10.7. The lowest BCUT2D eigenvalue weighted by Gasteiger charge is -2.08. The minimum Gasteiger partial charge on any atom is -0.320 e. The van der Waals surface area contributed by atoms with Crippen LogP contribution in [0.1, 0.15) is 16.1 Å². The summed E-state index contributed by atoms with van der Waals surface area (Å²) in [6, 6.07) is 4.77. The van der Waals surface area contributed by atoms with E-state index in [0.29, 0.717) is 6.07 Å². The zero-order chi connectivity index (χ0) is 17.2. The molecule has 0 spiro atoms. The van der Waals surface area contributed by atoms with Gasteiger partial charge in [0.15, 0.2) is 0 Å². The average Bonchev–Trinajstić information content (AvgIpc) is 2.48. The van der Waals surface area contributed by atoms with Crippen LogP contribution in [-0.4, -0.2) is 15.8 Å². The Morgan fingerprint density at radius 3 is 2.57 bits per heavy atom. The van der Waals surface area contributed by atoms with Crippen LogP contribution in [0.5, 0.6) is 0 Å². The van der Waals surface area contributed by atoms with Gasteiger partial charge in [-0.3, -0.25) is 19.9 Å². The molecule has 1 N–H and O–H groups in total. The van der Waals surface area contributed by atoms with Crippen molar-refractivity contribution in [3.05, 3.63) is 62.9 Å². The van der Waals surface area contributed by atoms with E-state index < -0.39 is 34.0 Å². The summed E-state index contributed by atoms with van der Waals surface area (Å²) in [6.45, 7) is 0. The Hall–Kier alpha value is -2.68. The number of anilines is 1. The topological polar surface area (TPSA) is 85.1 Å².